The molecule has 2 aromatic heterocycles. The molecule has 0 spiro atoms. The van der Waals surface area contributed by atoms with Gasteiger partial charge >= 0.3 is 0 Å². The highest BCUT2D eigenvalue weighted by Crippen LogP contribution is 2.23. The molecule has 0 radical (unpaired) electrons. The molecular formula is C30H44N4O3. The predicted octanol–water partition coefficient (Wildman–Crippen LogP) is 5.81. The molecule has 0 aromatic carbocycles. The highest BCUT2D eigenvalue weighted by molar-refractivity contribution is 5.69. The van der Waals surface area contributed by atoms with Crippen molar-refractivity contribution in [3.8, 4) is 0 Å². The smallest absolute Gasteiger partial charge is 0.264 e. The fourth-order valence-electron chi connectivity index (χ4n) is 4.74. The van der Waals surface area contributed by atoms with Crippen molar-refractivity contribution in [1.29, 1.82) is 0 Å². The number of aromatic amines is 1. The number of oxazole rings is 1. The lowest BCUT2D eigenvalue weighted by Gasteiger charge is -2.19. The fraction of sp³-hybridized carbons (Fsp3) is 0.567. The van der Waals surface area contributed by atoms with E-state index in [0.717, 1.165) is 73.4 Å². The molecular weight excluding hydrogens is 464 g/mol. The number of allylic oxidation sites excluding steroid dienone is 4. The van der Waals surface area contributed by atoms with Gasteiger partial charge in [-0.25, -0.2) is 10.1 Å². The van der Waals surface area contributed by atoms with E-state index in [-0.39, 0.29) is 5.56 Å². The number of aryl methyl sites for hydroxylation is 4. The van der Waals surface area contributed by atoms with E-state index in [9.17, 15) is 4.79 Å². The second-order valence-corrected chi connectivity index (χ2v) is 9.63. The molecule has 2 aromatic rings. The van der Waals surface area contributed by atoms with Crippen LogP contribution in [-0.4, -0.2) is 46.3 Å². The molecule has 7 heteroatoms. The third kappa shape index (κ3) is 9.15. The van der Waals surface area contributed by atoms with Crippen LogP contribution in [0, 0.1) is 0 Å². The van der Waals surface area contributed by atoms with Crippen LogP contribution in [0.25, 0.3) is 5.57 Å². The maximum Gasteiger partial charge on any atom is 0.264 e. The van der Waals surface area contributed by atoms with E-state index in [0.29, 0.717) is 18.3 Å². The minimum absolute atomic E-state index is 0.149. The lowest BCUT2D eigenvalue weighted by atomic mass is 10.1. The van der Waals surface area contributed by atoms with Gasteiger partial charge in [0.15, 0.2) is 0 Å². The highest BCUT2D eigenvalue weighted by atomic mass is 16.5. The van der Waals surface area contributed by atoms with E-state index in [2.05, 4.69) is 41.6 Å². The molecule has 0 saturated carbocycles. The Balaban J connectivity index is 1.57. The summed E-state index contributed by atoms with van der Waals surface area (Å²) < 4.78 is 12.1. The predicted molar refractivity (Wildman–Crippen MR) is 150 cm³/mol. The average Bonchev–Trinajstić information content (AvgIpc) is 3.13. The summed E-state index contributed by atoms with van der Waals surface area (Å²) in [6.07, 6.45) is 16.2. The van der Waals surface area contributed by atoms with Crippen molar-refractivity contribution >= 4 is 5.57 Å². The number of hydrogen-bond donors (Lipinski definition) is 1. The third-order valence-electron chi connectivity index (χ3n) is 6.80. The average molecular weight is 509 g/mol. The van der Waals surface area contributed by atoms with Gasteiger partial charge in [-0.05, 0) is 75.8 Å². The van der Waals surface area contributed by atoms with Crippen molar-refractivity contribution in [2.75, 3.05) is 26.2 Å². The summed E-state index contributed by atoms with van der Waals surface area (Å²) in [5.41, 5.74) is 3.74. The highest BCUT2D eigenvalue weighted by Gasteiger charge is 2.15. The molecule has 37 heavy (non-hydrogen) atoms. The van der Waals surface area contributed by atoms with Gasteiger partial charge in [0.1, 0.15) is 18.1 Å². The summed E-state index contributed by atoms with van der Waals surface area (Å²) in [5, 5.41) is 6.81. The Morgan fingerprint density at radius 3 is 2.57 bits per heavy atom. The first-order chi connectivity index (χ1) is 18.0. The third-order valence-corrected chi connectivity index (χ3v) is 6.80. The largest absolute Gasteiger partial charge is 0.493 e. The zero-order valence-corrected chi connectivity index (χ0v) is 23.0. The molecule has 7 nitrogen and oxygen atoms in total. The molecule has 0 atom stereocenters. The molecule has 1 saturated heterocycles. The Bertz CT molecular complexity index is 1100. The molecule has 0 unspecified atom stereocenters. The number of ether oxygens (including phenoxy) is 1. The summed E-state index contributed by atoms with van der Waals surface area (Å²) in [4.78, 5) is 18.9. The van der Waals surface area contributed by atoms with Crippen LogP contribution in [0.5, 0.6) is 0 Å². The van der Waals surface area contributed by atoms with Crippen LogP contribution in [0.15, 0.2) is 45.8 Å². The minimum atomic E-state index is -0.149. The van der Waals surface area contributed by atoms with Crippen LogP contribution in [0.3, 0.4) is 0 Å². The lowest BCUT2D eigenvalue weighted by molar-refractivity contribution is 0.167. The van der Waals surface area contributed by atoms with Crippen molar-refractivity contribution in [2.45, 2.75) is 85.0 Å². The van der Waals surface area contributed by atoms with Gasteiger partial charge in [-0.15, -0.1) is 0 Å². The minimum Gasteiger partial charge on any atom is -0.493 e. The van der Waals surface area contributed by atoms with E-state index in [1.54, 1.807) is 6.07 Å². The first kappa shape index (κ1) is 28.6. The van der Waals surface area contributed by atoms with Gasteiger partial charge in [0.2, 0.25) is 5.89 Å². The normalized spacial score (nSPS) is 15.3. The quantitative estimate of drug-likeness (QED) is 0.256. The second-order valence-electron chi connectivity index (χ2n) is 9.63. The molecule has 0 amide bonds. The Morgan fingerprint density at radius 2 is 1.86 bits per heavy atom. The molecule has 1 fully saturated rings. The Morgan fingerprint density at radius 1 is 1.11 bits per heavy atom. The zero-order chi connectivity index (χ0) is 26.5. The standard InChI is InChI=1S/C30H44N4O3/c1-5-13-25(17-16-23(4)36-21-20-34-18-10-8-9-11-19-34)30-31-27(28(7-3)37-30)15-12-14-26-24(6-2)22-29(35)33-32-26/h13,16-17,22H,4-12,14-15,18-21H2,1-3H3,(H,33,35)/b17-16-,25-13+. The van der Waals surface area contributed by atoms with Gasteiger partial charge < -0.3 is 9.15 Å². The van der Waals surface area contributed by atoms with Crippen LogP contribution in [0.1, 0.15) is 87.9 Å². The number of likely N-dealkylation sites (tertiary alicyclic amines) is 1. The molecule has 1 aliphatic rings. The van der Waals surface area contributed by atoms with Gasteiger partial charge in [-0.1, -0.05) is 46.3 Å². The first-order valence-corrected chi connectivity index (χ1v) is 14.0. The zero-order valence-electron chi connectivity index (χ0n) is 23.0. The lowest BCUT2D eigenvalue weighted by Crippen LogP contribution is -2.28. The maximum absolute atomic E-state index is 11.6. The molecule has 3 heterocycles. The van der Waals surface area contributed by atoms with Crippen LogP contribution >= 0.6 is 0 Å². The van der Waals surface area contributed by atoms with E-state index in [4.69, 9.17) is 14.1 Å². The first-order valence-electron chi connectivity index (χ1n) is 14.0. The number of rotatable bonds is 14. The molecule has 0 aliphatic carbocycles. The van der Waals surface area contributed by atoms with Crippen molar-refractivity contribution < 1.29 is 9.15 Å². The van der Waals surface area contributed by atoms with E-state index in [1.165, 1.54) is 38.8 Å². The monoisotopic (exact) mass is 508 g/mol. The number of H-pyrrole nitrogens is 1. The Labute approximate surface area is 221 Å². The molecule has 1 aliphatic heterocycles. The van der Waals surface area contributed by atoms with Gasteiger partial charge in [0.05, 0.1) is 11.4 Å². The van der Waals surface area contributed by atoms with E-state index >= 15 is 0 Å². The van der Waals surface area contributed by atoms with Gasteiger partial charge in [0.25, 0.3) is 5.56 Å². The fourth-order valence-corrected chi connectivity index (χ4v) is 4.74. The summed E-state index contributed by atoms with van der Waals surface area (Å²) in [6.45, 7) is 14.3. The number of aromatic nitrogens is 3. The van der Waals surface area contributed by atoms with Crippen molar-refractivity contribution in [3.05, 3.63) is 75.6 Å². The summed E-state index contributed by atoms with van der Waals surface area (Å²) >= 11 is 0. The van der Waals surface area contributed by atoms with Crippen molar-refractivity contribution in [2.24, 2.45) is 0 Å². The molecule has 0 bridgehead atoms. The van der Waals surface area contributed by atoms with Crippen LogP contribution < -0.4 is 5.56 Å². The topological polar surface area (TPSA) is 84.2 Å². The number of nitrogens with zero attached hydrogens (tertiary/aromatic N) is 3. The Hall–Kier alpha value is -2.93. The van der Waals surface area contributed by atoms with E-state index in [1.807, 2.05) is 19.1 Å². The summed E-state index contributed by atoms with van der Waals surface area (Å²) in [6, 6.07) is 1.65. The van der Waals surface area contributed by atoms with Gasteiger partial charge in [0, 0.05) is 24.6 Å². The van der Waals surface area contributed by atoms with Crippen molar-refractivity contribution in [3.63, 3.8) is 0 Å². The molecule has 202 valence electrons. The summed E-state index contributed by atoms with van der Waals surface area (Å²) in [7, 11) is 0. The Kier molecular flexibility index (Phi) is 11.9. The van der Waals surface area contributed by atoms with Crippen LogP contribution in [0.4, 0.5) is 0 Å². The maximum atomic E-state index is 11.6. The molecule has 3 rings (SSSR count). The van der Waals surface area contributed by atoms with Crippen LogP contribution in [0.2, 0.25) is 0 Å². The van der Waals surface area contributed by atoms with Crippen molar-refractivity contribution in [1.82, 2.24) is 20.1 Å². The van der Waals surface area contributed by atoms with Gasteiger partial charge in [-0.2, -0.15) is 5.10 Å². The van der Waals surface area contributed by atoms with Crippen LogP contribution in [-0.2, 0) is 30.4 Å². The second kappa shape index (κ2) is 15.4. The molecule has 1 N–H and O–H groups in total. The SMILES string of the molecule is C=C(/C=C\C(=C/CC)c1nc(CCCc2n[nH]c(=O)cc2CC)c(CC)o1)OCCN1CCCCCC1. The summed E-state index contributed by atoms with van der Waals surface area (Å²) in [5.74, 6) is 2.21. The van der Waals surface area contributed by atoms with Gasteiger partial charge in [-0.3, -0.25) is 9.69 Å². The number of hydrogen-bond acceptors (Lipinski definition) is 6. The van der Waals surface area contributed by atoms with E-state index < -0.39 is 0 Å². The number of nitrogens with one attached hydrogen (secondary N) is 1.